The second kappa shape index (κ2) is 7.99. The van der Waals surface area contributed by atoms with Crippen molar-refractivity contribution in [2.75, 3.05) is 16.8 Å². The first-order valence-corrected chi connectivity index (χ1v) is 9.78. The third-order valence-corrected chi connectivity index (χ3v) is 5.45. The van der Waals surface area contributed by atoms with Crippen LogP contribution in [0.25, 0.3) is 0 Å². The smallest absolute Gasteiger partial charge is 0.229 e. The van der Waals surface area contributed by atoms with Crippen LogP contribution in [0.1, 0.15) is 18.9 Å². The molecule has 3 rings (SSSR count). The Hall–Kier alpha value is -1.56. The molecule has 1 aliphatic rings. The number of carbonyl (C=O) groups excluding carboxylic acids is 2. The minimum atomic E-state index is -0.439. The first kappa shape index (κ1) is 19.2. The van der Waals surface area contributed by atoms with Crippen molar-refractivity contribution in [3.63, 3.8) is 0 Å². The van der Waals surface area contributed by atoms with E-state index in [4.69, 9.17) is 23.2 Å². The molecule has 0 bridgehead atoms. The Morgan fingerprint density at radius 2 is 2.04 bits per heavy atom. The molecule has 4 nitrogen and oxygen atoms in total. The molecule has 26 heavy (non-hydrogen) atoms. The summed E-state index contributed by atoms with van der Waals surface area (Å²) < 4.78 is 0.963. The van der Waals surface area contributed by atoms with Crippen molar-refractivity contribution < 1.29 is 9.59 Å². The molecule has 0 spiro atoms. The van der Waals surface area contributed by atoms with Crippen molar-refractivity contribution in [3.8, 4) is 0 Å². The molecule has 1 saturated heterocycles. The molecule has 7 heteroatoms. The number of hydrogen-bond donors (Lipinski definition) is 1. The van der Waals surface area contributed by atoms with E-state index in [1.54, 1.807) is 18.2 Å². The SMILES string of the molecule is CCc1cc(Br)ccc1NC(=O)[C@@H]1CC(=O)N(c2cc(Cl)ccc2Cl)C1. The Kier molecular flexibility index (Phi) is 5.90. The van der Waals surface area contributed by atoms with Crippen LogP contribution in [0.4, 0.5) is 11.4 Å². The molecule has 1 atom stereocenters. The predicted molar refractivity (Wildman–Crippen MR) is 109 cm³/mol. The van der Waals surface area contributed by atoms with Crippen molar-refractivity contribution in [2.24, 2.45) is 5.92 Å². The zero-order chi connectivity index (χ0) is 18.8. The summed E-state index contributed by atoms with van der Waals surface area (Å²) in [5.41, 5.74) is 2.34. The summed E-state index contributed by atoms with van der Waals surface area (Å²) in [6, 6.07) is 10.7. The number of rotatable bonds is 4. The highest BCUT2D eigenvalue weighted by Crippen LogP contribution is 2.34. The largest absolute Gasteiger partial charge is 0.326 e. The first-order chi connectivity index (χ1) is 12.4. The molecule has 2 amide bonds. The molecule has 2 aromatic rings. The van der Waals surface area contributed by atoms with Gasteiger partial charge in [0.2, 0.25) is 11.8 Å². The number of nitrogens with one attached hydrogen (secondary N) is 1. The summed E-state index contributed by atoms with van der Waals surface area (Å²) in [4.78, 5) is 26.6. The molecule has 1 N–H and O–H groups in total. The molecule has 0 aliphatic carbocycles. The van der Waals surface area contributed by atoms with E-state index in [9.17, 15) is 9.59 Å². The normalized spacial score (nSPS) is 16.8. The quantitative estimate of drug-likeness (QED) is 0.678. The van der Waals surface area contributed by atoms with Crippen LogP contribution in [0, 0.1) is 5.92 Å². The summed E-state index contributed by atoms with van der Waals surface area (Å²) in [6.07, 6.45) is 0.940. The number of aryl methyl sites for hydroxylation is 1. The number of benzene rings is 2. The number of amides is 2. The second-order valence-electron chi connectivity index (χ2n) is 6.15. The maximum atomic E-state index is 12.7. The van der Waals surface area contributed by atoms with Crippen LogP contribution in [-0.2, 0) is 16.0 Å². The van der Waals surface area contributed by atoms with Gasteiger partial charge in [-0.05, 0) is 48.4 Å². The Balaban J connectivity index is 1.76. The second-order valence-corrected chi connectivity index (χ2v) is 7.90. The van der Waals surface area contributed by atoms with Gasteiger partial charge in [0.25, 0.3) is 0 Å². The standard InChI is InChI=1S/C19H17BrCl2N2O2/c1-2-11-7-13(20)3-6-16(11)23-19(26)12-8-18(25)24(10-12)17-9-14(21)4-5-15(17)22/h3-7,9,12H,2,8,10H2,1H3,(H,23,26)/t12-/m1/s1. The minimum absolute atomic E-state index is 0.138. The van der Waals surface area contributed by atoms with Crippen LogP contribution in [0.5, 0.6) is 0 Å². The van der Waals surface area contributed by atoms with Crippen LogP contribution in [0.15, 0.2) is 40.9 Å². The molecular formula is C19H17BrCl2N2O2. The lowest BCUT2D eigenvalue weighted by atomic mass is 10.1. The Morgan fingerprint density at radius 1 is 1.27 bits per heavy atom. The molecule has 0 unspecified atom stereocenters. The maximum absolute atomic E-state index is 12.7. The highest BCUT2D eigenvalue weighted by molar-refractivity contribution is 9.10. The fourth-order valence-electron chi connectivity index (χ4n) is 3.02. The lowest BCUT2D eigenvalue weighted by Gasteiger charge is -2.18. The van der Waals surface area contributed by atoms with Crippen LogP contribution >= 0.6 is 39.1 Å². The van der Waals surface area contributed by atoms with Crippen LogP contribution in [0.2, 0.25) is 10.0 Å². The third-order valence-electron chi connectivity index (χ3n) is 4.40. The van der Waals surface area contributed by atoms with Crippen LogP contribution < -0.4 is 10.2 Å². The third kappa shape index (κ3) is 4.05. The monoisotopic (exact) mass is 454 g/mol. The summed E-state index contributed by atoms with van der Waals surface area (Å²) in [7, 11) is 0. The molecule has 1 heterocycles. The number of nitrogens with zero attached hydrogens (tertiary/aromatic N) is 1. The van der Waals surface area contributed by atoms with Crippen molar-refractivity contribution in [2.45, 2.75) is 19.8 Å². The van der Waals surface area contributed by atoms with Crippen LogP contribution in [0.3, 0.4) is 0 Å². The molecule has 1 fully saturated rings. The fourth-order valence-corrected chi connectivity index (χ4v) is 3.81. The van der Waals surface area contributed by atoms with E-state index >= 15 is 0 Å². The average Bonchev–Trinajstić information content (AvgIpc) is 3.00. The number of carbonyl (C=O) groups is 2. The lowest BCUT2D eigenvalue weighted by molar-refractivity contribution is -0.122. The number of anilines is 2. The van der Waals surface area contributed by atoms with E-state index in [0.717, 1.165) is 22.1 Å². The number of halogens is 3. The molecule has 0 saturated carbocycles. The van der Waals surface area contributed by atoms with Gasteiger partial charge in [-0.2, -0.15) is 0 Å². The van der Waals surface area contributed by atoms with Gasteiger partial charge >= 0.3 is 0 Å². The molecule has 2 aromatic carbocycles. The van der Waals surface area contributed by atoms with Gasteiger partial charge in [0.1, 0.15) is 0 Å². The Morgan fingerprint density at radius 3 is 2.77 bits per heavy atom. The minimum Gasteiger partial charge on any atom is -0.326 e. The predicted octanol–water partition coefficient (Wildman–Crippen LogP) is 5.31. The van der Waals surface area contributed by atoms with E-state index in [2.05, 4.69) is 21.2 Å². The van der Waals surface area contributed by atoms with E-state index in [-0.39, 0.29) is 24.8 Å². The van der Waals surface area contributed by atoms with Gasteiger partial charge < -0.3 is 10.2 Å². The molecular weight excluding hydrogens is 439 g/mol. The van der Waals surface area contributed by atoms with Crippen molar-refractivity contribution in [1.82, 2.24) is 0 Å². The zero-order valence-electron chi connectivity index (χ0n) is 14.1. The molecule has 0 aromatic heterocycles. The van der Waals surface area contributed by atoms with Crippen LogP contribution in [-0.4, -0.2) is 18.4 Å². The topological polar surface area (TPSA) is 49.4 Å². The molecule has 136 valence electrons. The van der Waals surface area contributed by atoms with Gasteiger partial charge in [0.05, 0.1) is 16.6 Å². The van der Waals surface area contributed by atoms with Gasteiger partial charge in [0.15, 0.2) is 0 Å². The summed E-state index contributed by atoms with van der Waals surface area (Å²) in [5, 5.41) is 3.88. The summed E-state index contributed by atoms with van der Waals surface area (Å²) in [5.74, 6) is -0.747. The number of hydrogen-bond acceptors (Lipinski definition) is 2. The van der Waals surface area contributed by atoms with Gasteiger partial charge in [-0.3, -0.25) is 9.59 Å². The zero-order valence-corrected chi connectivity index (χ0v) is 17.2. The maximum Gasteiger partial charge on any atom is 0.229 e. The van der Waals surface area contributed by atoms with Gasteiger partial charge in [-0.1, -0.05) is 46.1 Å². The lowest BCUT2D eigenvalue weighted by Crippen LogP contribution is -2.28. The Labute approximate surface area is 170 Å². The highest BCUT2D eigenvalue weighted by atomic mass is 79.9. The first-order valence-electron chi connectivity index (χ1n) is 8.23. The fraction of sp³-hybridized carbons (Fsp3) is 0.263. The van der Waals surface area contributed by atoms with E-state index < -0.39 is 5.92 Å². The highest BCUT2D eigenvalue weighted by Gasteiger charge is 2.36. The Bertz CT molecular complexity index is 873. The van der Waals surface area contributed by atoms with Gasteiger partial charge in [-0.25, -0.2) is 0 Å². The molecule has 0 radical (unpaired) electrons. The summed E-state index contributed by atoms with van der Waals surface area (Å²) in [6.45, 7) is 2.31. The molecule has 1 aliphatic heterocycles. The van der Waals surface area contributed by atoms with E-state index in [0.29, 0.717) is 15.7 Å². The average molecular weight is 456 g/mol. The van der Waals surface area contributed by atoms with Gasteiger partial charge in [0, 0.05) is 28.1 Å². The van der Waals surface area contributed by atoms with Crippen molar-refractivity contribution in [1.29, 1.82) is 0 Å². The summed E-state index contributed by atoms with van der Waals surface area (Å²) >= 11 is 15.6. The van der Waals surface area contributed by atoms with Crippen molar-refractivity contribution >= 4 is 62.3 Å². The van der Waals surface area contributed by atoms with E-state index in [1.807, 2.05) is 25.1 Å². The van der Waals surface area contributed by atoms with Crippen molar-refractivity contribution in [3.05, 3.63) is 56.5 Å². The van der Waals surface area contributed by atoms with Gasteiger partial charge in [-0.15, -0.1) is 0 Å². The van der Waals surface area contributed by atoms with E-state index in [1.165, 1.54) is 4.90 Å².